The van der Waals surface area contributed by atoms with E-state index >= 15 is 0 Å². The number of ether oxygens (including phenoxy) is 3. The summed E-state index contributed by atoms with van der Waals surface area (Å²) in [5.74, 6) is 0.433. The van der Waals surface area contributed by atoms with Crippen molar-refractivity contribution in [2.75, 3.05) is 26.4 Å². The molecule has 3 rings (SSSR count). The minimum atomic E-state index is -0.749. The molecule has 7 heteroatoms. The maximum atomic E-state index is 12.3. The van der Waals surface area contributed by atoms with Crippen LogP contribution < -0.4 is 20.5 Å². The van der Waals surface area contributed by atoms with Crippen LogP contribution in [-0.4, -0.2) is 44.3 Å². The first-order valence-corrected chi connectivity index (χ1v) is 7.65. The van der Waals surface area contributed by atoms with Crippen LogP contribution in [0.4, 0.5) is 0 Å². The van der Waals surface area contributed by atoms with E-state index in [4.69, 9.17) is 19.9 Å². The molecule has 1 fully saturated rings. The Labute approximate surface area is 134 Å². The molecule has 0 aliphatic carbocycles. The van der Waals surface area contributed by atoms with Crippen molar-refractivity contribution in [3.63, 3.8) is 0 Å². The molecule has 23 heavy (non-hydrogen) atoms. The number of nitrogens with one attached hydrogen (secondary N) is 1. The first-order valence-electron chi connectivity index (χ1n) is 7.65. The number of para-hydroxylation sites is 2. The number of primary amides is 1. The highest BCUT2D eigenvalue weighted by molar-refractivity contribution is 5.84. The van der Waals surface area contributed by atoms with Crippen LogP contribution >= 0.6 is 0 Å². The molecule has 0 unspecified atom stereocenters. The van der Waals surface area contributed by atoms with Crippen LogP contribution in [0.25, 0.3) is 0 Å². The van der Waals surface area contributed by atoms with Crippen LogP contribution in [0.1, 0.15) is 12.8 Å². The minimum absolute atomic E-state index is 0.134. The fourth-order valence-corrected chi connectivity index (χ4v) is 2.79. The third kappa shape index (κ3) is 3.24. The zero-order chi connectivity index (χ0) is 16.3. The van der Waals surface area contributed by atoms with Gasteiger partial charge in [0.05, 0.1) is 5.41 Å². The van der Waals surface area contributed by atoms with Gasteiger partial charge in [-0.25, -0.2) is 0 Å². The van der Waals surface area contributed by atoms with Crippen LogP contribution in [-0.2, 0) is 14.3 Å². The van der Waals surface area contributed by atoms with E-state index in [1.807, 2.05) is 12.1 Å². The molecular weight excluding hydrogens is 300 g/mol. The Bertz CT molecular complexity index is 598. The number of fused-ring (bicyclic) bond motifs is 1. The summed E-state index contributed by atoms with van der Waals surface area (Å²) in [5, 5.41) is 2.77. The maximum Gasteiger partial charge on any atom is 0.264 e. The van der Waals surface area contributed by atoms with Crippen molar-refractivity contribution in [2.24, 2.45) is 11.1 Å². The number of benzene rings is 1. The Morgan fingerprint density at radius 2 is 1.91 bits per heavy atom. The number of nitrogens with two attached hydrogens (primary N) is 1. The van der Waals surface area contributed by atoms with Gasteiger partial charge < -0.3 is 25.3 Å². The summed E-state index contributed by atoms with van der Waals surface area (Å²) in [5.41, 5.74) is 4.78. The van der Waals surface area contributed by atoms with Crippen LogP contribution in [0.15, 0.2) is 24.3 Å². The molecular formula is C16H20N2O5. The molecule has 2 amide bonds. The van der Waals surface area contributed by atoms with Gasteiger partial charge in [0.15, 0.2) is 11.5 Å². The SMILES string of the molecule is NC(=O)C1(CNC(=O)[C@@H]2COc3ccccc3O2)CCOCC1. The Kier molecular flexibility index (Phi) is 4.38. The van der Waals surface area contributed by atoms with Crippen molar-refractivity contribution in [3.8, 4) is 11.5 Å². The number of hydrogen-bond acceptors (Lipinski definition) is 5. The molecule has 0 spiro atoms. The van der Waals surface area contributed by atoms with Gasteiger partial charge in [-0.05, 0) is 25.0 Å². The highest BCUT2D eigenvalue weighted by Gasteiger charge is 2.39. The van der Waals surface area contributed by atoms with Gasteiger partial charge in [0, 0.05) is 19.8 Å². The summed E-state index contributed by atoms with van der Waals surface area (Å²) in [6, 6.07) is 7.18. The molecule has 0 saturated carbocycles. The summed E-state index contributed by atoms with van der Waals surface area (Å²) >= 11 is 0. The Morgan fingerprint density at radius 3 is 2.61 bits per heavy atom. The van der Waals surface area contributed by atoms with Crippen LogP contribution in [0, 0.1) is 5.41 Å². The fourth-order valence-electron chi connectivity index (χ4n) is 2.79. The van der Waals surface area contributed by atoms with E-state index in [9.17, 15) is 9.59 Å². The van der Waals surface area contributed by atoms with Gasteiger partial charge in [0.25, 0.3) is 5.91 Å². The lowest BCUT2D eigenvalue weighted by atomic mass is 9.79. The average Bonchev–Trinajstić information content (AvgIpc) is 2.60. The van der Waals surface area contributed by atoms with Crippen molar-refractivity contribution in [3.05, 3.63) is 24.3 Å². The van der Waals surface area contributed by atoms with Gasteiger partial charge in [0.1, 0.15) is 6.61 Å². The predicted octanol–water partition coefficient (Wildman–Crippen LogP) is 0.225. The molecule has 0 radical (unpaired) electrons. The molecule has 3 N–H and O–H groups in total. The molecule has 0 aromatic heterocycles. The third-order valence-electron chi connectivity index (χ3n) is 4.37. The van der Waals surface area contributed by atoms with Crippen molar-refractivity contribution < 1.29 is 23.8 Å². The van der Waals surface area contributed by atoms with Crippen molar-refractivity contribution in [1.82, 2.24) is 5.32 Å². The topological polar surface area (TPSA) is 99.9 Å². The van der Waals surface area contributed by atoms with Crippen molar-refractivity contribution >= 4 is 11.8 Å². The van der Waals surface area contributed by atoms with Gasteiger partial charge in [-0.3, -0.25) is 9.59 Å². The smallest absolute Gasteiger partial charge is 0.264 e. The quantitative estimate of drug-likeness (QED) is 0.827. The van der Waals surface area contributed by atoms with Crippen molar-refractivity contribution in [2.45, 2.75) is 18.9 Å². The monoisotopic (exact) mass is 320 g/mol. The van der Waals surface area contributed by atoms with Crippen molar-refractivity contribution in [1.29, 1.82) is 0 Å². The van der Waals surface area contributed by atoms with Crippen LogP contribution in [0.3, 0.4) is 0 Å². The Hall–Kier alpha value is -2.28. The summed E-state index contributed by atoms with van der Waals surface area (Å²) in [6.45, 7) is 1.26. The fraction of sp³-hybridized carbons (Fsp3) is 0.500. The van der Waals surface area contributed by atoms with E-state index in [0.29, 0.717) is 37.6 Å². The Balaban J connectivity index is 1.60. The normalized spacial score (nSPS) is 22.2. The van der Waals surface area contributed by atoms with E-state index in [2.05, 4.69) is 5.32 Å². The number of carbonyl (C=O) groups is 2. The zero-order valence-corrected chi connectivity index (χ0v) is 12.7. The first-order chi connectivity index (χ1) is 11.1. The Morgan fingerprint density at radius 1 is 1.22 bits per heavy atom. The standard InChI is InChI=1S/C16H20N2O5/c17-15(20)16(5-7-21-8-6-16)10-18-14(19)13-9-22-11-3-1-2-4-12(11)23-13/h1-4,13H,5-10H2,(H2,17,20)(H,18,19)/t13-/m0/s1. The number of rotatable bonds is 4. The van der Waals surface area contributed by atoms with Gasteiger partial charge in [0.2, 0.25) is 12.0 Å². The van der Waals surface area contributed by atoms with Gasteiger partial charge in [-0.2, -0.15) is 0 Å². The molecule has 7 nitrogen and oxygen atoms in total. The second kappa shape index (κ2) is 6.45. The van der Waals surface area contributed by atoms with Gasteiger partial charge in [-0.1, -0.05) is 12.1 Å². The molecule has 2 aliphatic heterocycles. The average molecular weight is 320 g/mol. The summed E-state index contributed by atoms with van der Waals surface area (Å²) < 4.78 is 16.4. The number of carbonyl (C=O) groups excluding carboxylic acids is 2. The number of hydrogen-bond donors (Lipinski definition) is 2. The molecule has 0 bridgehead atoms. The van der Waals surface area contributed by atoms with E-state index < -0.39 is 17.4 Å². The minimum Gasteiger partial charge on any atom is -0.485 e. The summed E-state index contributed by atoms with van der Waals surface area (Å²) in [4.78, 5) is 24.1. The lowest BCUT2D eigenvalue weighted by molar-refractivity contribution is -0.136. The van der Waals surface area contributed by atoms with Gasteiger partial charge in [-0.15, -0.1) is 0 Å². The number of amides is 2. The highest BCUT2D eigenvalue weighted by Crippen LogP contribution is 2.32. The molecule has 1 atom stereocenters. The lowest BCUT2D eigenvalue weighted by Gasteiger charge is -2.35. The van der Waals surface area contributed by atoms with Gasteiger partial charge >= 0.3 is 0 Å². The first kappa shape index (κ1) is 15.6. The van der Waals surface area contributed by atoms with E-state index in [1.165, 1.54) is 0 Å². The zero-order valence-electron chi connectivity index (χ0n) is 12.7. The molecule has 2 aliphatic rings. The predicted molar refractivity (Wildman–Crippen MR) is 81.0 cm³/mol. The lowest BCUT2D eigenvalue weighted by Crippen LogP contribution is -2.52. The second-order valence-corrected chi connectivity index (χ2v) is 5.84. The van der Waals surface area contributed by atoms with E-state index in [0.717, 1.165) is 0 Å². The maximum absolute atomic E-state index is 12.3. The molecule has 2 heterocycles. The molecule has 124 valence electrons. The molecule has 1 aromatic rings. The van der Waals surface area contributed by atoms with Crippen LogP contribution in [0.2, 0.25) is 0 Å². The summed E-state index contributed by atoms with van der Waals surface area (Å²) in [7, 11) is 0. The van der Waals surface area contributed by atoms with E-state index in [1.54, 1.807) is 12.1 Å². The third-order valence-corrected chi connectivity index (χ3v) is 4.37. The molecule has 1 aromatic carbocycles. The molecule has 1 saturated heterocycles. The van der Waals surface area contributed by atoms with Crippen LogP contribution in [0.5, 0.6) is 11.5 Å². The largest absolute Gasteiger partial charge is 0.485 e. The highest BCUT2D eigenvalue weighted by atomic mass is 16.6. The van der Waals surface area contributed by atoms with E-state index in [-0.39, 0.29) is 19.1 Å². The second-order valence-electron chi connectivity index (χ2n) is 5.84. The summed E-state index contributed by atoms with van der Waals surface area (Å²) in [6.07, 6.45) is 0.274.